The summed E-state index contributed by atoms with van der Waals surface area (Å²) >= 11 is 0. The third kappa shape index (κ3) is 3.01. The highest BCUT2D eigenvalue weighted by molar-refractivity contribution is 5.96. The fourth-order valence-electron chi connectivity index (χ4n) is 3.56. The summed E-state index contributed by atoms with van der Waals surface area (Å²) in [6.07, 6.45) is 8.10. The molecule has 4 rings (SSSR count). The van der Waals surface area contributed by atoms with Crippen LogP contribution in [0, 0.1) is 0 Å². The van der Waals surface area contributed by atoms with Crippen LogP contribution in [0.25, 0.3) is 0 Å². The van der Waals surface area contributed by atoms with Crippen LogP contribution in [0.1, 0.15) is 39.3 Å². The number of aromatic nitrogens is 3. The number of piperazine rings is 1. The maximum Gasteiger partial charge on any atom is 0.257 e. The van der Waals surface area contributed by atoms with Gasteiger partial charge in [-0.25, -0.2) is 0 Å². The quantitative estimate of drug-likeness (QED) is 0.825. The molecule has 2 aromatic rings. The zero-order valence-corrected chi connectivity index (χ0v) is 14.1. The van der Waals surface area contributed by atoms with Gasteiger partial charge in [0, 0.05) is 50.7 Å². The average Bonchev–Trinajstić information content (AvgIpc) is 3.12. The van der Waals surface area contributed by atoms with Crippen molar-refractivity contribution in [1.29, 1.82) is 0 Å². The fourth-order valence-corrected chi connectivity index (χ4v) is 3.56. The molecule has 2 aliphatic heterocycles. The van der Waals surface area contributed by atoms with E-state index in [9.17, 15) is 9.59 Å². The molecule has 0 aromatic carbocycles. The van der Waals surface area contributed by atoms with E-state index in [1.54, 1.807) is 35.6 Å². The van der Waals surface area contributed by atoms with Crippen molar-refractivity contribution in [3.8, 4) is 0 Å². The predicted molar refractivity (Wildman–Crippen MR) is 91.2 cm³/mol. The first-order chi connectivity index (χ1) is 12.2. The second kappa shape index (κ2) is 6.66. The van der Waals surface area contributed by atoms with E-state index in [0.717, 1.165) is 37.1 Å². The molecule has 0 N–H and O–H groups in total. The number of fused-ring (bicyclic) bond motifs is 1. The minimum Gasteiger partial charge on any atom is -0.335 e. The number of nitrogens with zero attached hydrogens (tertiary/aromatic N) is 5. The lowest BCUT2D eigenvalue weighted by Gasteiger charge is -2.35. The summed E-state index contributed by atoms with van der Waals surface area (Å²) in [7, 11) is 0. The van der Waals surface area contributed by atoms with E-state index in [0.29, 0.717) is 31.7 Å². The van der Waals surface area contributed by atoms with Gasteiger partial charge in [-0.2, -0.15) is 5.10 Å². The molecule has 130 valence electrons. The Hall–Kier alpha value is -2.70. The first-order valence-corrected chi connectivity index (χ1v) is 8.77. The topological polar surface area (TPSA) is 71.3 Å². The largest absolute Gasteiger partial charge is 0.335 e. The minimum atomic E-state index is -0.00240. The average molecular weight is 339 g/mol. The molecule has 25 heavy (non-hydrogen) atoms. The summed E-state index contributed by atoms with van der Waals surface area (Å²) < 4.78 is 1.96. The Morgan fingerprint density at radius 2 is 1.56 bits per heavy atom. The van der Waals surface area contributed by atoms with Gasteiger partial charge in [-0.05, 0) is 31.4 Å². The number of amides is 2. The first-order valence-electron chi connectivity index (χ1n) is 8.77. The van der Waals surface area contributed by atoms with E-state index in [4.69, 9.17) is 0 Å². The Bertz CT molecular complexity index is 778. The van der Waals surface area contributed by atoms with Crippen LogP contribution in [0.4, 0.5) is 0 Å². The van der Waals surface area contributed by atoms with E-state index < -0.39 is 0 Å². The number of aryl methyl sites for hydroxylation is 1. The third-order valence-electron chi connectivity index (χ3n) is 4.99. The zero-order chi connectivity index (χ0) is 17.2. The molecule has 0 bridgehead atoms. The highest BCUT2D eigenvalue weighted by atomic mass is 16.2. The molecule has 4 heterocycles. The van der Waals surface area contributed by atoms with Crippen molar-refractivity contribution in [3.63, 3.8) is 0 Å². The van der Waals surface area contributed by atoms with Crippen molar-refractivity contribution in [3.05, 3.63) is 47.5 Å². The van der Waals surface area contributed by atoms with E-state index in [1.807, 2.05) is 9.58 Å². The smallest absolute Gasteiger partial charge is 0.257 e. The van der Waals surface area contributed by atoms with Gasteiger partial charge in [0.15, 0.2) is 0 Å². The van der Waals surface area contributed by atoms with Crippen molar-refractivity contribution in [1.82, 2.24) is 24.6 Å². The lowest BCUT2D eigenvalue weighted by molar-refractivity contribution is 0.0534. The van der Waals surface area contributed by atoms with Crippen LogP contribution < -0.4 is 0 Å². The maximum absolute atomic E-state index is 12.8. The summed E-state index contributed by atoms with van der Waals surface area (Å²) in [6.45, 7) is 3.12. The number of rotatable bonds is 2. The predicted octanol–water partition coefficient (Wildman–Crippen LogP) is 1.21. The van der Waals surface area contributed by atoms with Crippen molar-refractivity contribution in [2.45, 2.75) is 25.8 Å². The summed E-state index contributed by atoms with van der Waals surface area (Å²) in [4.78, 5) is 32.9. The molecule has 0 radical (unpaired) electrons. The fraction of sp³-hybridized carbons (Fsp3) is 0.444. The van der Waals surface area contributed by atoms with Gasteiger partial charge in [-0.3, -0.25) is 19.3 Å². The summed E-state index contributed by atoms with van der Waals surface area (Å²) in [5.74, 6) is 0.0385. The van der Waals surface area contributed by atoms with E-state index >= 15 is 0 Å². The van der Waals surface area contributed by atoms with E-state index in [1.165, 1.54) is 0 Å². The Morgan fingerprint density at radius 1 is 0.880 bits per heavy atom. The van der Waals surface area contributed by atoms with Crippen molar-refractivity contribution >= 4 is 11.8 Å². The lowest BCUT2D eigenvalue weighted by atomic mass is 10.1. The van der Waals surface area contributed by atoms with Crippen LogP contribution in [-0.2, 0) is 13.0 Å². The molecule has 2 aliphatic rings. The first kappa shape index (κ1) is 15.8. The van der Waals surface area contributed by atoms with Crippen LogP contribution in [0.15, 0.2) is 30.7 Å². The molecular formula is C18H21N5O2. The zero-order valence-electron chi connectivity index (χ0n) is 14.1. The Balaban J connectivity index is 1.41. The minimum absolute atomic E-state index is 0.00240. The van der Waals surface area contributed by atoms with E-state index in [-0.39, 0.29) is 11.8 Å². The monoisotopic (exact) mass is 339 g/mol. The summed E-state index contributed by atoms with van der Waals surface area (Å²) in [5, 5.41) is 4.35. The molecule has 0 saturated carbocycles. The number of hydrogen-bond acceptors (Lipinski definition) is 4. The van der Waals surface area contributed by atoms with Crippen LogP contribution in [0.5, 0.6) is 0 Å². The second-order valence-corrected chi connectivity index (χ2v) is 6.51. The Morgan fingerprint density at radius 3 is 2.28 bits per heavy atom. The van der Waals surface area contributed by atoms with Gasteiger partial charge in [0.25, 0.3) is 11.8 Å². The van der Waals surface area contributed by atoms with Gasteiger partial charge in [0.2, 0.25) is 0 Å². The van der Waals surface area contributed by atoms with Crippen LogP contribution in [0.3, 0.4) is 0 Å². The molecule has 0 spiro atoms. The Labute approximate surface area is 146 Å². The van der Waals surface area contributed by atoms with Gasteiger partial charge in [-0.15, -0.1) is 0 Å². The summed E-state index contributed by atoms with van der Waals surface area (Å²) in [6, 6.07) is 3.44. The molecule has 2 aromatic heterocycles. The molecule has 7 nitrogen and oxygen atoms in total. The number of carbonyl (C=O) groups is 2. The van der Waals surface area contributed by atoms with Gasteiger partial charge < -0.3 is 9.80 Å². The highest BCUT2D eigenvalue weighted by Crippen LogP contribution is 2.20. The van der Waals surface area contributed by atoms with Crippen molar-refractivity contribution in [2.24, 2.45) is 0 Å². The van der Waals surface area contributed by atoms with Crippen LogP contribution in [0.2, 0.25) is 0 Å². The molecule has 0 atom stereocenters. The van der Waals surface area contributed by atoms with E-state index in [2.05, 4.69) is 10.1 Å². The standard InChI is InChI=1S/C18H21N5O2/c24-17(14-4-6-19-7-5-14)21-9-11-22(12-10-21)18(25)15-13-20-23-8-2-1-3-16(15)23/h4-7,13H,1-3,8-12H2. The normalized spacial score (nSPS) is 17.3. The molecule has 1 fully saturated rings. The van der Waals surface area contributed by atoms with Crippen LogP contribution >= 0.6 is 0 Å². The molecule has 0 aliphatic carbocycles. The number of hydrogen-bond donors (Lipinski definition) is 0. The lowest BCUT2D eigenvalue weighted by Crippen LogP contribution is -2.50. The number of pyridine rings is 1. The van der Waals surface area contributed by atoms with Crippen LogP contribution in [-0.4, -0.2) is 62.6 Å². The maximum atomic E-state index is 12.8. The number of carbonyl (C=O) groups excluding carboxylic acids is 2. The summed E-state index contributed by atoms with van der Waals surface area (Å²) in [5.41, 5.74) is 2.43. The van der Waals surface area contributed by atoms with Crippen molar-refractivity contribution in [2.75, 3.05) is 26.2 Å². The Kier molecular flexibility index (Phi) is 4.21. The molecule has 1 saturated heterocycles. The molecule has 2 amide bonds. The van der Waals surface area contributed by atoms with Gasteiger partial charge in [-0.1, -0.05) is 0 Å². The van der Waals surface area contributed by atoms with Gasteiger partial charge >= 0.3 is 0 Å². The van der Waals surface area contributed by atoms with Gasteiger partial charge in [0.05, 0.1) is 17.5 Å². The van der Waals surface area contributed by atoms with Crippen molar-refractivity contribution < 1.29 is 9.59 Å². The second-order valence-electron chi connectivity index (χ2n) is 6.51. The SMILES string of the molecule is O=C(c1ccncc1)N1CCN(C(=O)c2cnn3c2CCCC3)CC1. The molecule has 7 heteroatoms. The molecular weight excluding hydrogens is 318 g/mol. The third-order valence-corrected chi connectivity index (χ3v) is 4.99. The highest BCUT2D eigenvalue weighted by Gasteiger charge is 2.28. The van der Waals surface area contributed by atoms with Gasteiger partial charge in [0.1, 0.15) is 0 Å². The molecule has 0 unspecified atom stereocenters.